The van der Waals surface area contributed by atoms with Gasteiger partial charge in [-0.3, -0.25) is 0 Å². The molecule has 0 atom stereocenters. The molecule has 5 heteroatoms. The number of hydrogen-bond donors (Lipinski definition) is 0. The van der Waals surface area contributed by atoms with Gasteiger partial charge in [0.1, 0.15) is 6.07 Å². The van der Waals surface area contributed by atoms with Crippen molar-refractivity contribution in [2.24, 2.45) is 0 Å². The van der Waals surface area contributed by atoms with Crippen LogP contribution in [0.1, 0.15) is 17.0 Å². The monoisotopic (exact) mass is 293 g/mol. The Morgan fingerprint density at radius 3 is 2.65 bits per heavy atom. The van der Waals surface area contributed by atoms with E-state index in [1.54, 1.807) is 23.0 Å². The standard InChI is InChI=1S/C12H9BrFN3/c1-7-8(2)17(6-16-7)10-4-3-9(5-15)11(13)12(10)14/h3-4,6H,1-2H3. The molecule has 0 bridgehead atoms. The number of imidazole rings is 1. The summed E-state index contributed by atoms with van der Waals surface area (Å²) in [6, 6.07) is 5.08. The minimum atomic E-state index is -0.454. The molecule has 0 aliphatic rings. The third kappa shape index (κ3) is 1.85. The highest BCUT2D eigenvalue weighted by atomic mass is 79.9. The molecule has 0 amide bonds. The van der Waals surface area contributed by atoms with Gasteiger partial charge in [0.05, 0.1) is 27.7 Å². The molecule has 0 spiro atoms. The molecule has 17 heavy (non-hydrogen) atoms. The van der Waals surface area contributed by atoms with Gasteiger partial charge in [-0.2, -0.15) is 5.26 Å². The summed E-state index contributed by atoms with van der Waals surface area (Å²) < 4.78 is 15.9. The van der Waals surface area contributed by atoms with Crippen molar-refractivity contribution < 1.29 is 4.39 Å². The zero-order chi connectivity index (χ0) is 12.6. The van der Waals surface area contributed by atoms with Gasteiger partial charge in [-0.1, -0.05) is 0 Å². The number of nitrogens with zero attached hydrogens (tertiary/aromatic N) is 3. The summed E-state index contributed by atoms with van der Waals surface area (Å²) in [4.78, 5) is 4.12. The fourth-order valence-electron chi connectivity index (χ4n) is 1.55. The Kier molecular flexibility index (Phi) is 2.99. The first-order valence-electron chi connectivity index (χ1n) is 4.95. The maximum atomic E-state index is 14.1. The van der Waals surface area contributed by atoms with E-state index in [-0.39, 0.29) is 10.0 Å². The highest BCUT2D eigenvalue weighted by molar-refractivity contribution is 9.10. The van der Waals surface area contributed by atoms with Gasteiger partial charge in [0, 0.05) is 5.69 Å². The molecule has 1 aromatic carbocycles. The van der Waals surface area contributed by atoms with Crippen LogP contribution >= 0.6 is 15.9 Å². The second kappa shape index (κ2) is 4.30. The fraction of sp³-hybridized carbons (Fsp3) is 0.167. The minimum absolute atomic E-state index is 0.184. The van der Waals surface area contributed by atoms with Crippen LogP contribution in [0.2, 0.25) is 0 Å². The quantitative estimate of drug-likeness (QED) is 0.810. The van der Waals surface area contributed by atoms with Gasteiger partial charge in [0.25, 0.3) is 0 Å². The van der Waals surface area contributed by atoms with Crippen molar-refractivity contribution >= 4 is 15.9 Å². The van der Waals surface area contributed by atoms with Crippen molar-refractivity contribution in [2.45, 2.75) is 13.8 Å². The van der Waals surface area contributed by atoms with E-state index in [0.29, 0.717) is 5.69 Å². The number of rotatable bonds is 1. The Bertz CT molecular complexity index is 625. The second-order valence-electron chi connectivity index (χ2n) is 3.66. The minimum Gasteiger partial charge on any atom is -0.300 e. The summed E-state index contributed by atoms with van der Waals surface area (Å²) in [6.07, 6.45) is 1.57. The topological polar surface area (TPSA) is 41.6 Å². The Balaban J connectivity index is 2.67. The molecule has 0 unspecified atom stereocenters. The number of aryl methyl sites for hydroxylation is 1. The van der Waals surface area contributed by atoms with Crippen molar-refractivity contribution in [2.75, 3.05) is 0 Å². The van der Waals surface area contributed by atoms with Crippen LogP contribution in [0.5, 0.6) is 0 Å². The molecule has 1 heterocycles. The van der Waals surface area contributed by atoms with Crippen molar-refractivity contribution in [3.8, 4) is 11.8 Å². The van der Waals surface area contributed by atoms with Crippen LogP contribution in [0, 0.1) is 31.0 Å². The molecular weight excluding hydrogens is 285 g/mol. The smallest absolute Gasteiger partial charge is 0.162 e. The van der Waals surface area contributed by atoms with E-state index in [1.807, 2.05) is 19.9 Å². The number of hydrogen-bond acceptors (Lipinski definition) is 2. The number of nitriles is 1. The molecule has 86 valence electrons. The molecule has 2 rings (SSSR count). The van der Waals surface area contributed by atoms with Crippen LogP contribution in [-0.2, 0) is 0 Å². The maximum Gasteiger partial charge on any atom is 0.162 e. The average Bonchev–Trinajstić information content (AvgIpc) is 2.64. The van der Waals surface area contributed by atoms with Gasteiger partial charge in [0.2, 0.25) is 0 Å². The summed E-state index contributed by atoms with van der Waals surface area (Å²) in [5, 5.41) is 8.80. The Hall–Kier alpha value is -1.67. The normalized spacial score (nSPS) is 10.3. The summed E-state index contributed by atoms with van der Waals surface area (Å²) >= 11 is 3.09. The molecule has 0 N–H and O–H groups in total. The predicted molar refractivity (Wildman–Crippen MR) is 65.4 cm³/mol. The van der Waals surface area contributed by atoms with Crippen LogP contribution in [0.4, 0.5) is 4.39 Å². The van der Waals surface area contributed by atoms with Crippen molar-refractivity contribution in [1.82, 2.24) is 9.55 Å². The lowest BCUT2D eigenvalue weighted by atomic mass is 10.2. The van der Waals surface area contributed by atoms with Gasteiger partial charge < -0.3 is 4.57 Å². The van der Waals surface area contributed by atoms with Gasteiger partial charge in [-0.15, -0.1) is 0 Å². The molecule has 0 fully saturated rings. The SMILES string of the molecule is Cc1ncn(-c2ccc(C#N)c(Br)c2F)c1C. The summed E-state index contributed by atoms with van der Waals surface area (Å²) in [5.41, 5.74) is 2.39. The maximum absolute atomic E-state index is 14.1. The van der Waals surface area contributed by atoms with Crippen LogP contribution < -0.4 is 0 Å². The lowest BCUT2D eigenvalue weighted by Gasteiger charge is -2.08. The first kappa shape index (κ1) is 11.8. The van der Waals surface area contributed by atoms with Crippen LogP contribution in [0.25, 0.3) is 5.69 Å². The molecule has 3 nitrogen and oxygen atoms in total. The third-order valence-electron chi connectivity index (χ3n) is 2.69. The largest absolute Gasteiger partial charge is 0.300 e. The van der Waals surface area contributed by atoms with Gasteiger partial charge >= 0.3 is 0 Å². The first-order valence-corrected chi connectivity index (χ1v) is 5.74. The first-order chi connectivity index (χ1) is 8.06. The van der Waals surface area contributed by atoms with Crippen molar-refractivity contribution in [3.05, 3.63) is 45.7 Å². The van der Waals surface area contributed by atoms with E-state index in [9.17, 15) is 4.39 Å². The van der Waals surface area contributed by atoms with Crippen LogP contribution in [0.3, 0.4) is 0 Å². The number of aromatic nitrogens is 2. The Morgan fingerprint density at radius 1 is 1.41 bits per heavy atom. The molecule has 0 aliphatic carbocycles. The Morgan fingerprint density at radius 2 is 2.12 bits per heavy atom. The molecule has 0 saturated carbocycles. The lowest BCUT2D eigenvalue weighted by Crippen LogP contribution is -2.00. The van der Waals surface area contributed by atoms with Gasteiger partial charge in [0.15, 0.2) is 5.82 Å². The third-order valence-corrected chi connectivity index (χ3v) is 3.47. The second-order valence-corrected chi connectivity index (χ2v) is 4.45. The Labute approximate surface area is 107 Å². The summed E-state index contributed by atoms with van der Waals surface area (Å²) in [5.74, 6) is -0.454. The highest BCUT2D eigenvalue weighted by Crippen LogP contribution is 2.26. The average molecular weight is 294 g/mol. The number of benzene rings is 1. The van der Waals surface area contributed by atoms with Crippen molar-refractivity contribution in [1.29, 1.82) is 5.26 Å². The van der Waals surface area contributed by atoms with E-state index >= 15 is 0 Å². The zero-order valence-electron chi connectivity index (χ0n) is 9.33. The molecule has 0 aliphatic heterocycles. The highest BCUT2D eigenvalue weighted by Gasteiger charge is 2.14. The fourth-order valence-corrected chi connectivity index (χ4v) is 1.98. The summed E-state index contributed by atoms with van der Waals surface area (Å²) in [6.45, 7) is 3.73. The molecule has 1 aromatic heterocycles. The van der Waals surface area contributed by atoms with E-state index in [1.165, 1.54) is 0 Å². The van der Waals surface area contributed by atoms with Gasteiger partial charge in [-0.05, 0) is 41.9 Å². The van der Waals surface area contributed by atoms with Crippen molar-refractivity contribution in [3.63, 3.8) is 0 Å². The molecular formula is C12H9BrFN3. The molecule has 0 saturated heterocycles. The zero-order valence-corrected chi connectivity index (χ0v) is 10.9. The van der Waals surface area contributed by atoms with Gasteiger partial charge in [-0.25, -0.2) is 9.37 Å². The number of halogens is 2. The van der Waals surface area contributed by atoms with Crippen LogP contribution in [-0.4, -0.2) is 9.55 Å². The lowest BCUT2D eigenvalue weighted by molar-refractivity contribution is 0.609. The van der Waals surface area contributed by atoms with E-state index in [0.717, 1.165) is 11.4 Å². The van der Waals surface area contributed by atoms with E-state index in [2.05, 4.69) is 20.9 Å². The van der Waals surface area contributed by atoms with E-state index in [4.69, 9.17) is 5.26 Å². The van der Waals surface area contributed by atoms with E-state index < -0.39 is 5.82 Å². The molecule has 2 aromatic rings. The molecule has 0 radical (unpaired) electrons. The predicted octanol–water partition coefficient (Wildman–Crippen LogP) is 3.26. The van der Waals surface area contributed by atoms with Crippen LogP contribution in [0.15, 0.2) is 22.9 Å². The summed E-state index contributed by atoms with van der Waals surface area (Å²) in [7, 11) is 0.